The average molecular weight is 240 g/mol. The van der Waals surface area contributed by atoms with Crippen LogP contribution in [0.4, 0.5) is 0 Å². The molecule has 1 aliphatic rings. The van der Waals surface area contributed by atoms with Gasteiger partial charge >= 0.3 is 0 Å². The van der Waals surface area contributed by atoms with Crippen molar-refractivity contribution in [2.45, 2.75) is 38.5 Å². The monoisotopic (exact) mass is 240 g/mol. The Labute approximate surface area is 108 Å². The van der Waals surface area contributed by atoms with Crippen LogP contribution in [0.3, 0.4) is 0 Å². The number of hydrogen-bond acceptors (Lipinski definition) is 4. The van der Waals surface area contributed by atoms with E-state index in [1.807, 2.05) is 0 Å². The zero-order chi connectivity index (χ0) is 13.4. The number of nitrogens with zero attached hydrogens (tertiary/aromatic N) is 4. The van der Waals surface area contributed by atoms with Crippen molar-refractivity contribution in [3.63, 3.8) is 0 Å². The third kappa shape index (κ3) is 3.48. The Hall–Kier alpha value is -2.04. The molecular weight excluding hydrogens is 224 g/mol. The predicted molar refractivity (Wildman–Crippen MR) is 64.1 cm³/mol. The van der Waals surface area contributed by atoms with Gasteiger partial charge in [0, 0.05) is 25.7 Å². The summed E-state index contributed by atoms with van der Waals surface area (Å²) in [5.74, 6) is 0.844. The van der Waals surface area contributed by atoms with E-state index < -0.39 is 0 Å². The number of nitriles is 4. The van der Waals surface area contributed by atoms with Crippen molar-refractivity contribution in [1.29, 1.82) is 21.0 Å². The Bertz CT molecular complexity index is 347. The van der Waals surface area contributed by atoms with Gasteiger partial charge in [-0.25, -0.2) is 0 Å². The largest absolute Gasteiger partial charge is 0.198 e. The molecule has 0 saturated heterocycles. The number of rotatable bonds is 4. The molecule has 92 valence electrons. The first kappa shape index (κ1) is 14.0. The quantitative estimate of drug-likeness (QED) is 0.754. The van der Waals surface area contributed by atoms with Crippen LogP contribution in [-0.4, -0.2) is 0 Å². The summed E-state index contributed by atoms with van der Waals surface area (Å²) in [5, 5.41) is 35.4. The van der Waals surface area contributed by atoms with Gasteiger partial charge in [-0.05, 0) is 36.5 Å². The summed E-state index contributed by atoms with van der Waals surface area (Å²) in [6.45, 7) is 0. The molecule has 0 aromatic carbocycles. The van der Waals surface area contributed by atoms with E-state index in [0.29, 0.717) is 25.7 Å². The minimum absolute atomic E-state index is 0.211. The first-order chi connectivity index (χ1) is 8.76. The Morgan fingerprint density at radius 3 is 0.944 bits per heavy atom. The lowest BCUT2D eigenvalue weighted by molar-refractivity contribution is 0.120. The Balaban J connectivity index is 2.79. The van der Waals surface area contributed by atoms with E-state index in [4.69, 9.17) is 21.0 Å². The molecular formula is C14H16N4. The maximum Gasteiger partial charge on any atom is 0.0624 e. The van der Waals surface area contributed by atoms with Crippen LogP contribution < -0.4 is 0 Å². The lowest BCUT2D eigenvalue weighted by atomic mass is 9.65. The average Bonchev–Trinajstić information content (AvgIpc) is 2.35. The van der Waals surface area contributed by atoms with Crippen molar-refractivity contribution < 1.29 is 0 Å². The molecule has 0 spiro atoms. The first-order valence-corrected chi connectivity index (χ1v) is 6.24. The molecule has 4 nitrogen and oxygen atoms in total. The van der Waals surface area contributed by atoms with Gasteiger partial charge in [-0.2, -0.15) is 21.0 Å². The second kappa shape index (κ2) is 7.32. The van der Waals surface area contributed by atoms with Gasteiger partial charge in [-0.1, -0.05) is 0 Å². The van der Waals surface area contributed by atoms with Crippen LogP contribution in [0, 0.1) is 69.0 Å². The number of hydrogen-bond donors (Lipinski definition) is 0. The molecule has 0 amide bonds. The fraction of sp³-hybridized carbons (Fsp3) is 0.714. The minimum Gasteiger partial charge on any atom is -0.198 e. The maximum absolute atomic E-state index is 8.84. The van der Waals surface area contributed by atoms with Crippen LogP contribution in [0.5, 0.6) is 0 Å². The van der Waals surface area contributed by atoms with Gasteiger partial charge < -0.3 is 0 Å². The molecule has 4 unspecified atom stereocenters. The maximum atomic E-state index is 8.84. The van der Waals surface area contributed by atoms with Gasteiger partial charge in [0.05, 0.1) is 24.3 Å². The molecule has 0 aliphatic heterocycles. The third-order valence-corrected chi connectivity index (χ3v) is 3.96. The van der Waals surface area contributed by atoms with Crippen LogP contribution in [0.1, 0.15) is 38.5 Å². The molecule has 4 heteroatoms. The zero-order valence-corrected chi connectivity index (χ0v) is 10.3. The van der Waals surface area contributed by atoms with Crippen LogP contribution in [0.25, 0.3) is 0 Å². The normalized spacial score (nSPS) is 30.4. The summed E-state index contributed by atoms with van der Waals surface area (Å²) < 4.78 is 0. The van der Waals surface area contributed by atoms with Gasteiger partial charge in [-0.15, -0.1) is 0 Å². The molecule has 1 rings (SSSR count). The predicted octanol–water partition coefficient (Wildman–Crippen LogP) is 2.90. The van der Waals surface area contributed by atoms with E-state index in [1.165, 1.54) is 0 Å². The van der Waals surface area contributed by atoms with Crippen LogP contribution in [0.15, 0.2) is 0 Å². The van der Waals surface area contributed by atoms with E-state index in [1.54, 1.807) is 0 Å². The van der Waals surface area contributed by atoms with Crippen molar-refractivity contribution >= 4 is 0 Å². The van der Waals surface area contributed by atoms with Gasteiger partial charge in [0.2, 0.25) is 0 Å². The van der Waals surface area contributed by atoms with Gasteiger partial charge in [-0.3, -0.25) is 0 Å². The summed E-state index contributed by atoms with van der Waals surface area (Å²) in [7, 11) is 0. The smallest absolute Gasteiger partial charge is 0.0624 e. The van der Waals surface area contributed by atoms with E-state index >= 15 is 0 Å². The Kier molecular flexibility index (Phi) is 5.70. The highest BCUT2D eigenvalue weighted by Crippen LogP contribution is 2.43. The second-order valence-corrected chi connectivity index (χ2v) is 4.96. The Morgan fingerprint density at radius 1 is 0.556 bits per heavy atom. The topological polar surface area (TPSA) is 95.2 Å². The molecule has 1 saturated carbocycles. The summed E-state index contributed by atoms with van der Waals surface area (Å²) in [6.07, 6.45) is 3.42. The van der Waals surface area contributed by atoms with E-state index in [-0.39, 0.29) is 23.7 Å². The molecule has 18 heavy (non-hydrogen) atoms. The second-order valence-electron chi connectivity index (χ2n) is 4.96. The lowest BCUT2D eigenvalue weighted by Gasteiger charge is -2.38. The van der Waals surface area contributed by atoms with Crippen LogP contribution in [-0.2, 0) is 0 Å². The molecule has 0 N–H and O–H groups in total. The molecule has 0 heterocycles. The van der Waals surface area contributed by atoms with Crippen molar-refractivity contribution in [2.75, 3.05) is 0 Å². The van der Waals surface area contributed by atoms with Gasteiger partial charge in [0.1, 0.15) is 0 Å². The van der Waals surface area contributed by atoms with Crippen LogP contribution >= 0.6 is 0 Å². The highest BCUT2D eigenvalue weighted by Gasteiger charge is 2.36. The van der Waals surface area contributed by atoms with Crippen molar-refractivity contribution in [1.82, 2.24) is 0 Å². The highest BCUT2D eigenvalue weighted by molar-refractivity contribution is 4.97. The fourth-order valence-corrected chi connectivity index (χ4v) is 3.02. The third-order valence-electron chi connectivity index (χ3n) is 3.96. The summed E-state index contributed by atoms with van der Waals surface area (Å²) in [6, 6.07) is 8.71. The van der Waals surface area contributed by atoms with Gasteiger partial charge in [0.15, 0.2) is 0 Å². The highest BCUT2D eigenvalue weighted by atomic mass is 14.4. The molecule has 1 aliphatic carbocycles. The zero-order valence-electron chi connectivity index (χ0n) is 10.3. The summed E-state index contributed by atoms with van der Waals surface area (Å²) in [5.41, 5.74) is 0. The fourth-order valence-electron chi connectivity index (χ4n) is 3.02. The van der Waals surface area contributed by atoms with E-state index in [0.717, 1.165) is 12.8 Å². The van der Waals surface area contributed by atoms with Gasteiger partial charge in [0.25, 0.3) is 0 Å². The van der Waals surface area contributed by atoms with E-state index in [9.17, 15) is 0 Å². The van der Waals surface area contributed by atoms with Crippen molar-refractivity contribution in [3.8, 4) is 24.3 Å². The SMILES string of the molecule is N#CCC1CC(CC#N)C(CC#N)CC1CC#N. The first-order valence-electron chi connectivity index (χ1n) is 6.24. The van der Waals surface area contributed by atoms with Crippen molar-refractivity contribution in [3.05, 3.63) is 0 Å². The van der Waals surface area contributed by atoms with Crippen LogP contribution in [0.2, 0.25) is 0 Å². The lowest BCUT2D eigenvalue weighted by Crippen LogP contribution is -2.31. The molecule has 0 aromatic heterocycles. The molecule has 0 bridgehead atoms. The summed E-state index contributed by atoms with van der Waals surface area (Å²) in [4.78, 5) is 0. The Morgan fingerprint density at radius 2 is 0.778 bits per heavy atom. The van der Waals surface area contributed by atoms with Crippen molar-refractivity contribution in [2.24, 2.45) is 23.7 Å². The molecule has 4 atom stereocenters. The molecule has 0 radical (unpaired) electrons. The summed E-state index contributed by atoms with van der Waals surface area (Å²) >= 11 is 0. The standard InChI is InChI=1S/C14H16N4/c15-5-1-11-9-13(3-7-17)14(4-8-18)10-12(11)2-6-16/h11-14H,1-4,9-10H2. The van der Waals surface area contributed by atoms with E-state index in [2.05, 4.69) is 24.3 Å². The molecule has 1 fully saturated rings. The minimum atomic E-state index is 0.211. The molecule has 0 aromatic rings.